The number of thioether (sulfide) groups is 1. The summed E-state index contributed by atoms with van der Waals surface area (Å²) in [5, 5.41) is 21.9. The Morgan fingerprint density at radius 3 is 2.73 bits per heavy atom. The van der Waals surface area contributed by atoms with E-state index < -0.39 is 5.91 Å². The van der Waals surface area contributed by atoms with Gasteiger partial charge >= 0.3 is 0 Å². The molecular formula is C30H27N7O2S2. The number of hydrazone groups is 1. The fourth-order valence-corrected chi connectivity index (χ4v) is 7.18. The fourth-order valence-electron chi connectivity index (χ4n) is 5.31. The van der Waals surface area contributed by atoms with Crippen molar-refractivity contribution in [1.29, 1.82) is 5.41 Å². The Balaban J connectivity index is 1.23. The van der Waals surface area contributed by atoms with Crippen molar-refractivity contribution in [2.24, 2.45) is 10.1 Å². The van der Waals surface area contributed by atoms with Crippen LogP contribution < -0.4 is 4.74 Å². The van der Waals surface area contributed by atoms with Crippen LogP contribution in [0.1, 0.15) is 54.3 Å². The molecule has 1 aliphatic carbocycles. The first kappa shape index (κ1) is 25.8. The normalized spacial score (nSPS) is 18.7. The van der Waals surface area contributed by atoms with E-state index in [-0.39, 0.29) is 18.0 Å². The first-order valence-corrected chi connectivity index (χ1v) is 15.3. The van der Waals surface area contributed by atoms with Crippen LogP contribution in [0.25, 0.3) is 22.3 Å². The smallest absolute Gasteiger partial charge is 0.283 e. The maximum atomic E-state index is 13.3. The van der Waals surface area contributed by atoms with Gasteiger partial charge in [0.1, 0.15) is 22.4 Å². The number of fused-ring (bicyclic) bond motifs is 2. The minimum atomic E-state index is -0.485. The zero-order valence-corrected chi connectivity index (χ0v) is 24.0. The highest BCUT2D eigenvalue weighted by Crippen LogP contribution is 2.37. The Kier molecular flexibility index (Phi) is 6.76. The number of hydrogen-bond acceptors (Lipinski definition) is 8. The van der Waals surface area contributed by atoms with Gasteiger partial charge in [0.25, 0.3) is 5.91 Å². The number of rotatable bonds is 6. The van der Waals surface area contributed by atoms with Crippen molar-refractivity contribution in [1.82, 2.24) is 19.6 Å². The number of ether oxygens (including phenoxy) is 1. The number of carbonyl (C=O) groups excluding carboxylic acids is 1. The predicted molar refractivity (Wildman–Crippen MR) is 164 cm³/mol. The number of carbonyl (C=O) groups is 1. The first-order valence-electron chi connectivity index (χ1n) is 13.7. The highest BCUT2D eigenvalue weighted by atomic mass is 32.2. The van der Waals surface area contributed by atoms with Gasteiger partial charge in [-0.25, -0.2) is 9.50 Å². The van der Waals surface area contributed by atoms with Gasteiger partial charge in [-0.15, -0.1) is 0 Å². The maximum Gasteiger partial charge on any atom is 0.283 e. The van der Waals surface area contributed by atoms with Gasteiger partial charge in [0.15, 0.2) is 5.84 Å². The Hall–Kier alpha value is -4.09. The number of nitrogens with zero attached hydrogens (tertiary/aromatic N) is 6. The molecule has 9 nitrogen and oxygen atoms in total. The quantitative estimate of drug-likeness (QED) is 0.260. The minimum absolute atomic E-state index is 0.0326. The van der Waals surface area contributed by atoms with Gasteiger partial charge in [0, 0.05) is 11.5 Å². The van der Waals surface area contributed by atoms with E-state index in [2.05, 4.69) is 10.1 Å². The Morgan fingerprint density at radius 2 is 1.93 bits per heavy atom. The molecule has 2 aromatic carbocycles. The van der Waals surface area contributed by atoms with E-state index in [0.717, 1.165) is 39.7 Å². The van der Waals surface area contributed by atoms with Gasteiger partial charge < -0.3 is 4.74 Å². The van der Waals surface area contributed by atoms with Crippen molar-refractivity contribution in [2.45, 2.75) is 44.9 Å². The number of amides is 1. The van der Waals surface area contributed by atoms with Gasteiger partial charge in [-0.2, -0.15) is 20.2 Å². The van der Waals surface area contributed by atoms with Gasteiger partial charge in [-0.05, 0) is 55.3 Å². The molecule has 1 saturated carbocycles. The van der Waals surface area contributed by atoms with Crippen LogP contribution >= 0.6 is 23.1 Å². The zero-order chi connectivity index (χ0) is 27.9. The number of amidine groups is 2. The van der Waals surface area contributed by atoms with Crippen molar-refractivity contribution >= 4 is 56.1 Å². The van der Waals surface area contributed by atoms with Gasteiger partial charge in [-0.1, -0.05) is 73.1 Å². The molecule has 2 aromatic heterocycles. The number of aliphatic imine (C=N–C) groups is 1. The SMILES string of the molecule is Cc1cccc(OCC2=NN3C(=N)/C(=C/c4c(-c5ccccc5)nc5sc(C6CCCCC6)nn45)C(=O)N=C3S2)c1. The lowest BCUT2D eigenvalue weighted by atomic mass is 9.90. The number of aryl methyl sites for hydroxylation is 1. The van der Waals surface area contributed by atoms with Crippen LogP contribution in [0, 0.1) is 12.3 Å². The van der Waals surface area contributed by atoms with Gasteiger partial charge in [0.2, 0.25) is 10.1 Å². The molecule has 41 heavy (non-hydrogen) atoms. The molecule has 2 aliphatic heterocycles. The summed E-state index contributed by atoms with van der Waals surface area (Å²) in [6.45, 7) is 2.22. The molecule has 0 saturated heterocycles. The monoisotopic (exact) mass is 581 g/mol. The number of aromatic nitrogens is 3. The Labute approximate surface area is 245 Å². The van der Waals surface area contributed by atoms with Crippen LogP contribution in [0.4, 0.5) is 0 Å². The average Bonchev–Trinajstić information content (AvgIpc) is 3.69. The number of nitrogens with one attached hydrogen (secondary N) is 1. The molecule has 4 aromatic rings. The summed E-state index contributed by atoms with van der Waals surface area (Å²) in [5.74, 6) is 0.659. The van der Waals surface area contributed by atoms with E-state index in [0.29, 0.717) is 27.5 Å². The van der Waals surface area contributed by atoms with Crippen LogP contribution in [-0.4, -0.2) is 48.2 Å². The molecule has 206 valence electrons. The topological polar surface area (TPSA) is 108 Å². The van der Waals surface area contributed by atoms with Crippen molar-refractivity contribution in [2.75, 3.05) is 6.61 Å². The third kappa shape index (κ3) is 5.00. The summed E-state index contributed by atoms with van der Waals surface area (Å²) < 4.78 is 7.72. The Morgan fingerprint density at radius 1 is 1.10 bits per heavy atom. The van der Waals surface area contributed by atoms with Crippen LogP contribution in [0.5, 0.6) is 5.75 Å². The van der Waals surface area contributed by atoms with Gasteiger partial charge in [-0.3, -0.25) is 10.2 Å². The number of benzene rings is 2. The Bertz CT molecular complexity index is 1760. The molecule has 3 aliphatic rings. The van der Waals surface area contributed by atoms with E-state index in [1.54, 1.807) is 17.4 Å². The van der Waals surface area contributed by atoms with Gasteiger partial charge in [0.05, 0.1) is 17.0 Å². The molecule has 7 rings (SSSR count). The lowest BCUT2D eigenvalue weighted by Crippen LogP contribution is -2.35. The standard InChI is InChI=1S/C30H27N7O2S2/c1-18-9-8-14-21(15-18)39-17-24-34-37-26(31)22(27(38)33-30(37)40-24)16-23-25(19-10-4-2-5-11-19)32-29-36(23)35-28(41-29)20-12-6-3-7-13-20/h2,4-5,8-11,14-16,20,31H,3,6-7,12-13,17H2,1H3/b22-16-,31-26?. The van der Waals surface area contributed by atoms with Crippen molar-refractivity contribution in [3.63, 3.8) is 0 Å². The van der Waals surface area contributed by atoms with Crippen LogP contribution in [0.3, 0.4) is 0 Å². The molecule has 0 radical (unpaired) electrons. The van der Waals surface area contributed by atoms with Crippen molar-refractivity contribution < 1.29 is 9.53 Å². The lowest BCUT2D eigenvalue weighted by Gasteiger charge is -2.20. The molecule has 0 unspecified atom stereocenters. The van der Waals surface area contributed by atoms with Crippen LogP contribution in [-0.2, 0) is 4.79 Å². The van der Waals surface area contributed by atoms with E-state index in [1.807, 2.05) is 66.0 Å². The molecule has 0 atom stereocenters. The summed E-state index contributed by atoms with van der Waals surface area (Å²) in [6.07, 6.45) is 7.69. The molecule has 1 fully saturated rings. The lowest BCUT2D eigenvalue weighted by molar-refractivity contribution is -0.114. The van der Waals surface area contributed by atoms with Crippen LogP contribution in [0.2, 0.25) is 0 Å². The molecule has 4 heterocycles. The summed E-state index contributed by atoms with van der Waals surface area (Å²) in [4.78, 5) is 23.3. The molecule has 0 spiro atoms. The minimum Gasteiger partial charge on any atom is -0.487 e. The second-order valence-corrected chi connectivity index (χ2v) is 12.3. The first-order chi connectivity index (χ1) is 20.0. The fraction of sp³-hybridized carbons (Fsp3) is 0.267. The predicted octanol–water partition coefficient (Wildman–Crippen LogP) is 6.51. The summed E-state index contributed by atoms with van der Waals surface area (Å²) in [7, 11) is 0. The summed E-state index contributed by atoms with van der Waals surface area (Å²) in [5.41, 5.74) is 3.54. The number of imidazole rings is 1. The van der Waals surface area contributed by atoms with E-state index in [9.17, 15) is 4.79 Å². The maximum absolute atomic E-state index is 13.3. The number of hydrogen-bond donors (Lipinski definition) is 1. The van der Waals surface area contributed by atoms with Crippen LogP contribution in [0.15, 0.2) is 70.3 Å². The molecule has 1 amide bonds. The molecule has 1 N–H and O–H groups in total. The van der Waals surface area contributed by atoms with Crippen molar-refractivity contribution in [3.8, 4) is 17.0 Å². The second-order valence-electron chi connectivity index (χ2n) is 10.3. The van der Waals surface area contributed by atoms with E-state index in [4.69, 9.17) is 20.2 Å². The second kappa shape index (κ2) is 10.7. The van der Waals surface area contributed by atoms with E-state index >= 15 is 0 Å². The largest absolute Gasteiger partial charge is 0.487 e. The zero-order valence-electron chi connectivity index (χ0n) is 22.4. The molecule has 11 heteroatoms. The van der Waals surface area contributed by atoms with Crippen molar-refractivity contribution in [3.05, 3.63) is 76.4 Å². The average molecular weight is 582 g/mol. The highest BCUT2D eigenvalue weighted by molar-refractivity contribution is 8.27. The highest BCUT2D eigenvalue weighted by Gasteiger charge is 2.36. The molecule has 0 bridgehead atoms. The van der Waals surface area contributed by atoms with E-state index in [1.165, 1.54) is 36.0 Å². The summed E-state index contributed by atoms with van der Waals surface area (Å²) >= 11 is 2.85. The molecular weight excluding hydrogens is 555 g/mol. The third-order valence-electron chi connectivity index (χ3n) is 7.38. The summed E-state index contributed by atoms with van der Waals surface area (Å²) in [6, 6.07) is 17.6. The third-order valence-corrected chi connectivity index (χ3v) is 9.34.